The van der Waals surface area contributed by atoms with Crippen LogP contribution in [0.3, 0.4) is 0 Å². The van der Waals surface area contributed by atoms with Crippen molar-refractivity contribution in [2.45, 2.75) is 96.0 Å². The van der Waals surface area contributed by atoms with Gasteiger partial charge in [0.15, 0.2) is 0 Å². The summed E-state index contributed by atoms with van der Waals surface area (Å²) in [6.45, 7) is 5.14. The van der Waals surface area contributed by atoms with Gasteiger partial charge in [-0.25, -0.2) is 4.79 Å². The summed E-state index contributed by atoms with van der Waals surface area (Å²) in [5.41, 5.74) is 2.08. The van der Waals surface area contributed by atoms with Crippen molar-refractivity contribution >= 4 is 41.4 Å². The summed E-state index contributed by atoms with van der Waals surface area (Å²) in [5, 5.41) is 18.4. The Bertz CT molecular complexity index is 1600. The molecule has 13 nitrogen and oxygen atoms in total. The minimum atomic E-state index is -1.03. The van der Waals surface area contributed by atoms with Crippen LogP contribution in [-0.4, -0.2) is 83.1 Å². The number of amides is 5. The van der Waals surface area contributed by atoms with Crippen LogP contribution in [0.25, 0.3) is 0 Å². The minimum Gasteiger partial charge on any atom is -0.462 e. The second-order valence-corrected chi connectivity index (χ2v) is 14.3. The Balaban J connectivity index is 0.979. The number of carbonyl (C=O) groups excluding carboxylic acids is 6. The predicted molar refractivity (Wildman–Crippen MR) is 181 cm³/mol. The molecule has 0 bridgehead atoms. The van der Waals surface area contributed by atoms with Crippen molar-refractivity contribution in [3.05, 3.63) is 53.1 Å². The zero-order valence-corrected chi connectivity index (χ0v) is 28.5. The lowest BCUT2D eigenvalue weighted by Gasteiger charge is -2.43. The zero-order chi connectivity index (χ0) is 35.5. The van der Waals surface area contributed by atoms with Gasteiger partial charge in [-0.05, 0) is 74.0 Å². The first-order valence-electron chi connectivity index (χ1n) is 17.8. The van der Waals surface area contributed by atoms with E-state index in [1.807, 2.05) is 0 Å². The molecule has 8 atom stereocenters. The van der Waals surface area contributed by atoms with Gasteiger partial charge in [0.25, 0.3) is 11.8 Å². The van der Waals surface area contributed by atoms with E-state index >= 15 is 0 Å². The number of rotatable bonds is 11. The highest BCUT2D eigenvalue weighted by molar-refractivity contribution is 6.25. The molecular weight excluding hydrogens is 644 g/mol. The van der Waals surface area contributed by atoms with Crippen LogP contribution in [0.2, 0.25) is 0 Å². The number of aliphatic hydroxyl groups is 1. The molecule has 1 unspecified atom stereocenters. The lowest BCUT2D eigenvalue weighted by molar-refractivity contribution is -0.160. The summed E-state index contributed by atoms with van der Waals surface area (Å²) in [5.74, 6) is -1.85. The topological polar surface area (TPSA) is 180 Å². The average Bonchev–Trinajstić information content (AvgIpc) is 3.31. The first kappa shape index (κ1) is 35.3. The van der Waals surface area contributed by atoms with E-state index < -0.39 is 41.9 Å². The van der Waals surface area contributed by atoms with Gasteiger partial charge in [0.1, 0.15) is 18.2 Å². The number of benzene rings is 1. The maximum Gasteiger partial charge on any atom is 0.407 e. The monoisotopic (exact) mass is 690 g/mol. The summed E-state index contributed by atoms with van der Waals surface area (Å²) >= 11 is 0. The number of imide groups is 2. The summed E-state index contributed by atoms with van der Waals surface area (Å²) in [4.78, 5) is 76.2. The molecule has 2 aliphatic carbocycles. The van der Waals surface area contributed by atoms with Crippen LogP contribution in [0.15, 0.2) is 42.0 Å². The Kier molecular flexibility index (Phi) is 10.7. The molecule has 0 aromatic heterocycles. The fraction of sp³-hybridized carbons (Fsp3) is 0.568. The van der Waals surface area contributed by atoms with E-state index in [0.29, 0.717) is 50.9 Å². The van der Waals surface area contributed by atoms with Crippen LogP contribution in [0, 0.1) is 23.7 Å². The molecule has 50 heavy (non-hydrogen) atoms. The number of hydrogen-bond donors (Lipinski definition) is 4. The van der Waals surface area contributed by atoms with Crippen LogP contribution in [0.1, 0.15) is 92.4 Å². The number of carbonyl (C=O) groups is 6. The molecule has 5 aliphatic rings. The van der Waals surface area contributed by atoms with Gasteiger partial charge in [-0.2, -0.15) is 0 Å². The molecule has 13 heteroatoms. The van der Waals surface area contributed by atoms with Gasteiger partial charge in [0.2, 0.25) is 11.8 Å². The third-order valence-corrected chi connectivity index (χ3v) is 10.6. The first-order chi connectivity index (χ1) is 24.0. The van der Waals surface area contributed by atoms with E-state index in [1.54, 1.807) is 18.2 Å². The van der Waals surface area contributed by atoms with E-state index in [4.69, 9.17) is 9.47 Å². The van der Waals surface area contributed by atoms with Gasteiger partial charge in [-0.15, -0.1) is 0 Å². The molecule has 2 fully saturated rings. The fourth-order valence-electron chi connectivity index (χ4n) is 8.14. The maximum absolute atomic E-state index is 13.3. The predicted octanol–water partition coefficient (Wildman–Crippen LogP) is 3.63. The number of ether oxygens (including phenoxy) is 2. The maximum atomic E-state index is 13.3. The van der Waals surface area contributed by atoms with Crippen molar-refractivity contribution in [3.8, 4) is 0 Å². The normalized spacial score (nSPS) is 30.6. The molecule has 3 aliphatic heterocycles. The van der Waals surface area contributed by atoms with Crippen LogP contribution in [-0.2, 0) is 23.9 Å². The SMILES string of the molecule is C[C@H]1C=C2C=C[C@H](C)[C@H](CC[C@@H]3C[C@@H](O)CC(=O)O3)[C@H]2[C@@H](OC(=O)NCCCCNc2cccc3c2C(=O)N(C2CCC(=O)NC2=O)C3=O)C1. The van der Waals surface area contributed by atoms with Crippen molar-refractivity contribution in [2.75, 3.05) is 18.4 Å². The van der Waals surface area contributed by atoms with Gasteiger partial charge in [0.05, 0.1) is 23.7 Å². The number of fused-ring (bicyclic) bond motifs is 2. The molecule has 1 aromatic carbocycles. The van der Waals surface area contributed by atoms with E-state index in [-0.39, 0.29) is 72.2 Å². The Morgan fingerprint density at radius 1 is 1.06 bits per heavy atom. The average molecular weight is 691 g/mol. The third kappa shape index (κ3) is 7.62. The number of aliphatic hydroxyl groups excluding tert-OH is 1. The van der Waals surface area contributed by atoms with Gasteiger partial charge in [-0.1, -0.05) is 38.1 Å². The number of alkyl carbamates (subject to hydrolysis) is 1. The number of nitrogens with one attached hydrogen (secondary N) is 3. The van der Waals surface area contributed by atoms with Gasteiger partial charge >= 0.3 is 12.1 Å². The van der Waals surface area contributed by atoms with Crippen LogP contribution in [0.4, 0.5) is 10.5 Å². The van der Waals surface area contributed by atoms with Crippen LogP contribution >= 0.6 is 0 Å². The lowest BCUT2D eigenvalue weighted by Crippen LogP contribution is -2.54. The largest absolute Gasteiger partial charge is 0.462 e. The third-order valence-electron chi connectivity index (χ3n) is 10.6. The van der Waals surface area contributed by atoms with E-state index in [9.17, 15) is 33.9 Å². The van der Waals surface area contributed by atoms with Gasteiger partial charge in [-0.3, -0.25) is 34.2 Å². The number of anilines is 1. The fourth-order valence-corrected chi connectivity index (χ4v) is 8.14. The molecule has 0 radical (unpaired) electrons. The van der Waals surface area contributed by atoms with Gasteiger partial charge < -0.3 is 25.2 Å². The van der Waals surface area contributed by atoms with Crippen LogP contribution in [0.5, 0.6) is 0 Å². The Morgan fingerprint density at radius 3 is 2.64 bits per heavy atom. The first-order valence-corrected chi connectivity index (χ1v) is 17.8. The van der Waals surface area contributed by atoms with Crippen molar-refractivity contribution in [2.24, 2.45) is 23.7 Å². The summed E-state index contributed by atoms with van der Waals surface area (Å²) in [6, 6.07) is 3.91. The van der Waals surface area contributed by atoms with Crippen molar-refractivity contribution in [1.29, 1.82) is 0 Å². The van der Waals surface area contributed by atoms with Crippen molar-refractivity contribution < 1.29 is 43.3 Å². The van der Waals surface area contributed by atoms with E-state index in [1.165, 1.54) is 5.57 Å². The molecule has 5 amide bonds. The number of esters is 1. The van der Waals surface area contributed by atoms with E-state index in [2.05, 4.69) is 48.0 Å². The molecule has 3 heterocycles. The Labute approximate surface area is 291 Å². The highest BCUT2D eigenvalue weighted by Crippen LogP contribution is 2.45. The smallest absolute Gasteiger partial charge is 0.407 e. The van der Waals surface area contributed by atoms with E-state index in [0.717, 1.165) is 11.3 Å². The highest BCUT2D eigenvalue weighted by atomic mass is 16.6. The molecule has 0 spiro atoms. The highest BCUT2D eigenvalue weighted by Gasteiger charge is 2.46. The summed E-state index contributed by atoms with van der Waals surface area (Å²) in [7, 11) is 0. The number of nitrogens with zero attached hydrogens (tertiary/aromatic N) is 1. The molecule has 1 aromatic rings. The van der Waals surface area contributed by atoms with Crippen molar-refractivity contribution in [1.82, 2.24) is 15.5 Å². The molecule has 4 N–H and O–H groups in total. The molecule has 6 rings (SSSR count). The number of unbranched alkanes of at least 4 members (excludes halogenated alkanes) is 1. The number of cyclic esters (lactones) is 1. The second-order valence-electron chi connectivity index (χ2n) is 14.3. The van der Waals surface area contributed by atoms with Crippen molar-refractivity contribution in [3.63, 3.8) is 0 Å². The van der Waals surface area contributed by atoms with Crippen LogP contribution < -0.4 is 16.0 Å². The second kappa shape index (κ2) is 15.2. The Morgan fingerprint density at radius 2 is 1.86 bits per heavy atom. The van der Waals surface area contributed by atoms with Gasteiger partial charge in [0, 0.05) is 37.5 Å². The Hall–Kier alpha value is -4.52. The molecular formula is C37H46N4O9. The number of hydrogen-bond acceptors (Lipinski definition) is 10. The summed E-state index contributed by atoms with van der Waals surface area (Å²) < 4.78 is 11.6. The number of piperidine rings is 1. The zero-order valence-electron chi connectivity index (χ0n) is 28.5. The molecule has 0 saturated carbocycles. The quantitative estimate of drug-likeness (QED) is 0.152. The molecule has 2 saturated heterocycles. The number of allylic oxidation sites excluding steroid dienone is 3. The standard InChI is InChI=1S/C37H46N4O9/c1-20-16-22-9-8-21(2)25(11-10-24-18-23(42)19-31(44)49-24)32(22)29(17-20)50-37(48)39-15-4-3-14-38-27-7-5-6-26-33(27)36(47)41(35(26)46)28-12-13-30(43)40-34(28)45/h5-9,16,20-21,23-25,28-29,32,38,42H,3-4,10-15,17-19H2,1-2H3,(H,39,48)(H,40,43,45)/t20-,21-,23+,24+,25-,28?,29-,32-/m0/s1. The lowest BCUT2D eigenvalue weighted by atomic mass is 9.65. The minimum absolute atomic E-state index is 0.0264. The summed E-state index contributed by atoms with van der Waals surface area (Å²) in [6.07, 6.45) is 8.90. The molecule has 268 valence electrons.